The molecule has 0 saturated heterocycles. The highest BCUT2D eigenvalue weighted by atomic mass is 32.1. The molecule has 0 saturated carbocycles. The Kier molecular flexibility index (Phi) is 7.22. The third-order valence-electron chi connectivity index (χ3n) is 12.4. The van der Waals surface area contributed by atoms with Crippen LogP contribution in [0.2, 0.25) is 0 Å². The van der Waals surface area contributed by atoms with Crippen molar-refractivity contribution in [1.29, 1.82) is 0 Å². The van der Waals surface area contributed by atoms with Gasteiger partial charge in [-0.3, -0.25) is 0 Å². The van der Waals surface area contributed by atoms with E-state index in [1.165, 1.54) is 80.4 Å². The van der Waals surface area contributed by atoms with Gasteiger partial charge in [0.2, 0.25) is 0 Å². The van der Waals surface area contributed by atoms with Crippen molar-refractivity contribution in [2.75, 3.05) is 0 Å². The first kappa shape index (κ1) is 33.4. The third-order valence-corrected chi connectivity index (χ3v) is 13.5. The number of rotatable bonds is 4. The summed E-state index contributed by atoms with van der Waals surface area (Å²) in [5.41, 5.74) is 9.09. The molecule has 0 fully saturated rings. The van der Waals surface area contributed by atoms with Crippen LogP contribution in [0.4, 0.5) is 17.3 Å². The van der Waals surface area contributed by atoms with Gasteiger partial charge < -0.3 is 0 Å². The highest BCUT2D eigenvalue weighted by Crippen LogP contribution is 2.48. The zero-order valence-corrected chi connectivity index (χ0v) is 33.1. The maximum Gasteiger partial charge on any atom is 0.484 e. The molecule has 5 heteroatoms. The van der Waals surface area contributed by atoms with Crippen LogP contribution in [0.3, 0.4) is 0 Å². The topological polar surface area (TPSA) is 44.4 Å². The smallest absolute Gasteiger partial charge is 0.239 e. The fraction of sp³-hybridized carbons (Fsp3) is 0. The van der Waals surface area contributed by atoms with Crippen LogP contribution in [0.15, 0.2) is 194 Å². The van der Waals surface area contributed by atoms with Gasteiger partial charge in [0.1, 0.15) is 0 Å². The Balaban J connectivity index is 1.08. The molecular weight excluding hydrogens is 749 g/mol. The maximum atomic E-state index is 5.53. The first-order chi connectivity index (χ1) is 29.7. The van der Waals surface area contributed by atoms with Crippen LogP contribution in [0.1, 0.15) is 0 Å². The molecule has 1 aliphatic rings. The van der Waals surface area contributed by atoms with Gasteiger partial charge in [-0.1, -0.05) is 133 Å². The summed E-state index contributed by atoms with van der Waals surface area (Å²) in [6.45, 7) is 0. The summed E-state index contributed by atoms with van der Waals surface area (Å²) in [5.74, 6) is 2.24. The molecule has 278 valence electrons. The van der Waals surface area contributed by atoms with Crippen LogP contribution >= 0.6 is 11.3 Å². The van der Waals surface area contributed by atoms with E-state index in [1.54, 1.807) is 0 Å². The van der Waals surface area contributed by atoms with Crippen molar-refractivity contribution in [2.45, 2.75) is 0 Å². The van der Waals surface area contributed by atoms with E-state index in [1.807, 2.05) is 11.3 Å². The number of hydrogen-bond acceptors (Lipinski definition) is 3. The summed E-state index contributed by atoms with van der Waals surface area (Å²) < 4.78 is 2.59. The van der Waals surface area contributed by atoms with E-state index >= 15 is 0 Å². The van der Waals surface area contributed by atoms with Crippen molar-refractivity contribution >= 4 is 91.9 Å². The minimum absolute atomic E-state index is 0.693. The monoisotopic (exact) mass is 782 g/mol. The van der Waals surface area contributed by atoms with Crippen LogP contribution in [0.5, 0.6) is 0 Å². The summed E-state index contributed by atoms with van der Waals surface area (Å²) >= 11 is 1.87. The van der Waals surface area contributed by atoms with Gasteiger partial charge in [-0.15, -0.1) is 11.3 Å². The Morgan fingerprint density at radius 2 is 0.917 bits per heavy atom. The number of fused-ring (bicyclic) bond motifs is 12. The second-order valence-electron chi connectivity index (χ2n) is 15.8. The van der Waals surface area contributed by atoms with Gasteiger partial charge in [-0.2, -0.15) is 4.90 Å². The summed E-state index contributed by atoms with van der Waals surface area (Å²) in [6.07, 6.45) is 0. The van der Waals surface area contributed by atoms with Crippen LogP contribution in [-0.2, 0) is 0 Å². The Morgan fingerprint density at radius 3 is 1.63 bits per heavy atom. The standard InChI is InChI=1S/C55H32N4S/c1-3-14-37-30-40(22-20-33(37)10-1)53-56-54(41-23-21-34-11-2-4-15-38(34)31-41)58-55(57-53)59-51-43-17-8-6-13-36(43)24-27-46(51)45-19-9-18-44(52(45)59)39-25-28-47-49(32-39)60-48-29-26-35-12-5-7-16-42(35)50(47)48/h1-32H/p+2. The fourth-order valence-electron chi connectivity index (χ4n) is 9.58. The number of aromatic nitrogens is 3. The number of H-pyrrole nitrogens is 1. The zero-order valence-electron chi connectivity index (χ0n) is 32.3. The van der Waals surface area contributed by atoms with Gasteiger partial charge in [0, 0.05) is 31.1 Å². The van der Waals surface area contributed by atoms with Gasteiger partial charge in [-0.05, 0) is 114 Å². The Hall–Kier alpha value is -7.57. The van der Waals surface area contributed by atoms with Crippen molar-refractivity contribution in [1.82, 2.24) is 9.97 Å². The summed E-state index contributed by atoms with van der Waals surface area (Å²) in [7, 11) is 0. The average molecular weight is 783 g/mol. The normalized spacial score (nSPS) is 13.5. The third kappa shape index (κ3) is 5.10. The lowest BCUT2D eigenvalue weighted by atomic mass is 9.96. The first-order valence-corrected chi connectivity index (χ1v) is 21.2. The molecule has 2 aromatic heterocycles. The second-order valence-corrected chi connectivity index (χ2v) is 16.9. The second kappa shape index (κ2) is 13.0. The predicted octanol–water partition coefficient (Wildman–Crippen LogP) is 13.4. The molecule has 0 aliphatic carbocycles. The molecule has 3 heterocycles. The van der Waals surface area contributed by atoms with E-state index in [0.717, 1.165) is 44.1 Å². The summed E-state index contributed by atoms with van der Waals surface area (Å²) in [5, 5.41) is 12.3. The molecule has 1 atom stereocenters. The summed E-state index contributed by atoms with van der Waals surface area (Å²) in [6, 6.07) is 70.4. The minimum Gasteiger partial charge on any atom is -0.239 e. The molecule has 1 unspecified atom stereocenters. The van der Waals surface area contributed by atoms with Gasteiger partial charge in [0.05, 0.1) is 22.3 Å². The Labute approximate surface area is 349 Å². The van der Waals surface area contributed by atoms with Crippen LogP contribution in [0.25, 0.3) is 108 Å². The average Bonchev–Trinajstić information content (AvgIpc) is 3.87. The van der Waals surface area contributed by atoms with Gasteiger partial charge >= 0.3 is 5.95 Å². The van der Waals surface area contributed by atoms with Crippen LogP contribution in [-0.4, -0.2) is 9.97 Å². The van der Waals surface area contributed by atoms with Crippen molar-refractivity contribution in [3.05, 3.63) is 194 Å². The van der Waals surface area contributed by atoms with Crippen molar-refractivity contribution in [3.8, 4) is 45.0 Å². The van der Waals surface area contributed by atoms with E-state index in [-0.39, 0.29) is 0 Å². The number of para-hydroxylation sites is 1. The minimum atomic E-state index is 0.693. The lowest BCUT2D eigenvalue weighted by Gasteiger charge is -2.15. The molecule has 0 bridgehead atoms. The van der Waals surface area contributed by atoms with Crippen molar-refractivity contribution in [2.24, 2.45) is 0 Å². The van der Waals surface area contributed by atoms with Gasteiger partial charge in [0.25, 0.3) is 11.6 Å². The van der Waals surface area contributed by atoms with E-state index in [0.29, 0.717) is 5.95 Å². The number of thiophene rings is 1. The van der Waals surface area contributed by atoms with Gasteiger partial charge in [-0.25, -0.2) is 4.98 Å². The molecule has 4 nitrogen and oxygen atoms in total. The van der Waals surface area contributed by atoms with Crippen molar-refractivity contribution in [3.63, 3.8) is 0 Å². The number of hydrogen-bond donors (Lipinski definition) is 1. The summed E-state index contributed by atoms with van der Waals surface area (Å²) in [4.78, 5) is 15.8. The van der Waals surface area contributed by atoms with Crippen molar-refractivity contribution < 1.29 is 9.88 Å². The number of nitrogens with zero attached hydrogens (tertiary/aromatic N) is 2. The number of aromatic amines is 1. The molecule has 1 aliphatic heterocycles. The van der Waals surface area contributed by atoms with E-state index in [2.05, 4.69) is 199 Å². The highest BCUT2D eigenvalue weighted by Gasteiger charge is 2.43. The van der Waals surface area contributed by atoms with E-state index < -0.39 is 0 Å². The van der Waals surface area contributed by atoms with E-state index in [4.69, 9.17) is 9.97 Å². The predicted molar refractivity (Wildman–Crippen MR) is 250 cm³/mol. The lowest BCUT2D eigenvalue weighted by molar-refractivity contribution is -0.682. The molecule has 0 spiro atoms. The molecular formula is C55H34N4S+2. The Morgan fingerprint density at radius 1 is 0.367 bits per heavy atom. The SMILES string of the molecule is c1cc(-c2ccc3c(c2)sc2ccc4ccccc4c23)c2c(c1)-c1ccc3ccccc3c1[NH+]2c1nc(-c2ccc3ccccc3c2)[nH+]c(-c2ccc3ccccc3c2)n1. The van der Waals surface area contributed by atoms with Crippen LogP contribution < -0.4 is 9.88 Å². The maximum absolute atomic E-state index is 5.53. The molecule has 10 aromatic carbocycles. The lowest BCUT2D eigenvalue weighted by Crippen LogP contribution is -2.96. The molecule has 0 amide bonds. The Bertz CT molecular complexity index is 3660. The first-order valence-electron chi connectivity index (χ1n) is 20.4. The zero-order chi connectivity index (χ0) is 39.3. The van der Waals surface area contributed by atoms with Crippen LogP contribution in [0, 0.1) is 0 Å². The highest BCUT2D eigenvalue weighted by molar-refractivity contribution is 7.26. The fourth-order valence-corrected chi connectivity index (χ4v) is 10.7. The van der Waals surface area contributed by atoms with Gasteiger partial charge in [0.15, 0.2) is 11.4 Å². The number of quaternary nitrogens is 1. The molecule has 12 aromatic rings. The molecule has 2 N–H and O–H groups in total. The molecule has 60 heavy (non-hydrogen) atoms. The number of nitrogens with one attached hydrogen (secondary N) is 2. The number of benzene rings is 10. The quantitative estimate of drug-likeness (QED) is 0.193. The largest absolute Gasteiger partial charge is 0.484 e. The van der Waals surface area contributed by atoms with E-state index in [9.17, 15) is 0 Å². The molecule has 0 radical (unpaired) electrons. The molecule has 13 rings (SSSR count).